The summed E-state index contributed by atoms with van der Waals surface area (Å²) in [5.74, 6) is 0.252. The molecule has 0 atom stereocenters. The van der Waals surface area contributed by atoms with Gasteiger partial charge in [0, 0.05) is 12.6 Å². The molecule has 0 fully saturated rings. The van der Waals surface area contributed by atoms with Crippen LogP contribution in [0, 0.1) is 5.82 Å². The van der Waals surface area contributed by atoms with Gasteiger partial charge in [0.25, 0.3) is 5.91 Å². The number of carbonyl (C=O) groups is 1. The van der Waals surface area contributed by atoms with Crippen LogP contribution in [0.25, 0.3) is 0 Å². The highest BCUT2D eigenvalue weighted by Crippen LogP contribution is 2.22. The molecule has 0 saturated heterocycles. The molecule has 21 heavy (non-hydrogen) atoms. The Bertz CT molecular complexity index is 621. The van der Waals surface area contributed by atoms with Crippen LogP contribution in [-0.4, -0.2) is 20.1 Å². The molecular weight excluding hydrogens is 273 g/mol. The van der Waals surface area contributed by atoms with E-state index in [4.69, 9.17) is 9.47 Å². The average Bonchev–Trinajstić information content (AvgIpc) is 2.52. The number of carbonyl (C=O) groups excluding carboxylic acids is 1. The SMILES string of the molecule is COc1cc(CNC(=O)c2ccccc2F)cc(OC)c1. The second-order valence-electron chi connectivity index (χ2n) is 4.38. The van der Waals surface area contributed by atoms with Gasteiger partial charge in [-0.2, -0.15) is 0 Å². The zero-order chi connectivity index (χ0) is 15.2. The van der Waals surface area contributed by atoms with Gasteiger partial charge in [0.1, 0.15) is 17.3 Å². The van der Waals surface area contributed by atoms with Crippen molar-refractivity contribution in [2.75, 3.05) is 14.2 Å². The molecule has 0 radical (unpaired) electrons. The van der Waals surface area contributed by atoms with Gasteiger partial charge in [0.2, 0.25) is 0 Å². The molecule has 0 heterocycles. The fourth-order valence-electron chi connectivity index (χ4n) is 1.89. The van der Waals surface area contributed by atoms with Crippen LogP contribution in [0.4, 0.5) is 4.39 Å². The number of hydrogen-bond acceptors (Lipinski definition) is 3. The number of amides is 1. The Morgan fingerprint density at radius 3 is 2.29 bits per heavy atom. The summed E-state index contributed by atoms with van der Waals surface area (Å²) in [6.07, 6.45) is 0. The molecule has 0 aliphatic carbocycles. The van der Waals surface area contributed by atoms with E-state index in [9.17, 15) is 9.18 Å². The number of nitrogens with one attached hydrogen (secondary N) is 1. The molecule has 110 valence electrons. The van der Waals surface area contributed by atoms with Crippen LogP contribution in [0.3, 0.4) is 0 Å². The van der Waals surface area contributed by atoms with Crippen molar-refractivity contribution in [3.8, 4) is 11.5 Å². The Morgan fingerprint density at radius 2 is 1.71 bits per heavy atom. The molecule has 0 unspecified atom stereocenters. The van der Waals surface area contributed by atoms with Gasteiger partial charge < -0.3 is 14.8 Å². The smallest absolute Gasteiger partial charge is 0.254 e. The molecule has 0 aliphatic rings. The molecule has 0 bridgehead atoms. The summed E-state index contributed by atoms with van der Waals surface area (Å²) in [6.45, 7) is 0.251. The van der Waals surface area contributed by atoms with Crippen LogP contribution in [0.5, 0.6) is 11.5 Å². The fraction of sp³-hybridized carbons (Fsp3) is 0.188. The molecule has 5 heteroatoms. The number of hydrogen-bond donors (Lipinski definition) is 1. The van der Waals surface area contributed by atoms with Crippen LogP contribution < -0.4 is 14.8 Å². The number of ether oxygens (including phenoxy) is 2. The topological polar surface area (TPSA) is 47.6 Å². The van der Waals surface area contributed by atoms with Crippen molar-refractivity contribution >= 4 is 5.91 Å². The molecular formula is C16H16FNO3. The van der Waals surface area contributed by atoms with Gasteiger partial charge in [-0.05, 0) is 29.8 Å². The Kier molecular flexibility index (Phi) is 4.77. The predicted molar refractivity (Wildman–Crippen MR) is 77.1 cm³/mol. The number of methoxy groups -OCH3 is 2. The Balaban J connectivity index is 2.09. The molecule has 1 amide bonds. The summed E-state index contributed by atoms with van der Waals surface area (Å²) < 4.78 is 23.8. The first-order valence-electron chi connectivity index (χ1n) is 6.38. The fourth-order valence-corrected chi connectivity index (χ4v) is 1.89. The highest BCUT2D eigenvalue weighted by molar-refractivity contribution is 5.94. The molecule has 0 aromatic heterocycles. The van der Waals surface area contributed by atoms with Crippen LogP contribution >= 0.6 is 0 Å². The lowest BCUT2D eigenvalue weighted by atomic mass is 10.1. The summed E-state index contributed by atoms with van der Waals surface area (Å²) in [4.78, 5) is 11.9. The van der Waals surface area contributed by atoms with Crippen LogP contribution in [0.2, 0.25) is 0 Å². The lowest BCUT2D eigenvalue weighted by Gasteiger charge is -2.10. The van der Waals surface area contributed by atoms with Gasteiger partial charge in [-0.3, -0.25) is 4.79 Å². The Labute approximate surface area is 122 Å². The minimum Gasteiger partial charge on any atom is -0.497 e. The standard InChI is InChI=1S/C16H16FNO3/c1-20-12-7-11(8-13(9-12)21-2)10-18-16(19)14-5-3-4-6-15(14)17/h3-9H,10H2,1-2H3,(H,18,19). The summed E-state index contributed by atoms with van der Waals surface area (Å²) in [5, 5.41) is 2.67. The average molecular weight is 289 g/mol. The summed E-state index contributed by atoms with van der Waals surface area (Å²) >= 11 is 0. The summed E-state index contributed by atoms with van der Waals surface area (Å²) in [5.41, 5.74) is 0.822. The molecule has 0 saturated carbocycles. The largest absolute Gasteiger partial charge is 0.497 e. The lowest BCUT2D eigenvalue weighted by Crippen LogP contribution is -2.23. The number of rotatable bonds is 5. The van der Waals surface area contributed by atoms with E-state index in [0.29, 0.717) is 11.5 Å². The van der Waals surface area contributed by atoms with E-state index < -0.39 is 11.7 Å². The second kappa shape index (κ2) is 6.74. The van der Waals surface area contributed by atoms with Crippen molar-refractivity contribution in [3.05, 3.63) is 59.4 Å². The Morgan fingerprint density at radius 1 is 1.10 bits per heavy atom. The van der Waals surface area contributed by atoms with Gasteiger partial charge in [0.15, 0.2) is 0 Å². The highest BCUT2D eigenvalue weighted by atomic mass is 19.1. The van der Waals surface area contributed by atoms with E-state index in [1.165, 1.54) is 12.1 Å². The van der Waals surface area contributed by atoms with Crippen molar-refractivity contribution in [2.24, 2.45) is 0 Å². The molecule has 2 aromatic carbocycles. The van der Waals surface area contributed by atoms with Gasteiger partial charge in [-0.25, -0.2) is 4.39 Å². The monoisotopic (exact) mass is 289 g/mol. The third kappa shape index (κ3) is 3.72. The minimum absolute atomic E-state index is 0.0207. The van der Waals surface area contributed by atoms with Crippen molar-refractivity contribution in [2.45, 2.75) is 6.54 Å². The molecule has 0 aliphatic heterocycles. The van der Waals surface area contributed by atoms with Gasteiger partial charge in [0.05, 0.1) is 19.8 Å². The quantitative estimate of drug-likeness (QED) is 0.920. The van der Waals surface area contributed by atoms with E-state index in [0.717, 1.165) is 5.56 Å². The van der Waals surface area contributed by atoms with E-state index >= 15 is 0 Å². The minimum atomic E-state index is -0.543. The third-order valence-corrected chi connectivity index (χ3v) is 2.98. The molecule has 4 nitrogen and oxygen atoms in total. The molecule has 2 aromatic rings. The van der Waals surface area contributed by atoms with E-state index in [-0.39, 0.29) is 12.1 Å². The molecule has 2 rings (SSSR count). The normalized spacial score (nSPS) is 10.0. The molecule has 0 spiro atoms. The van der Waals surface area contributed by atoms with Crippen LogP contribution in [0.1, 0.15) is 15.9 Å². The zero-order valence-corrected chi connectivity index (χ0v) is 11.9. The first kappa shape index (κ1) is 14.8. The van der Waals surface area contributed by atoms with E-state index in [2.05, 4.69) is 5.32 Å². The van der Waals surface area contributed by atoms with Crippen LogP contribution in [-0.2, 0) is 6.54 Å². The van der Waals surface area contributed by atoms with Gasteiger partial charge in [-0.15, -0.1) is 0 Å². The van der Waals surface area contributed by atoms with Crippen molar-refractivity contribution in [1.82, 2.24) is 5.32 Å². The summed E-state index contributed by atoms with van der Waals surface area (Å²) in [7, 11) is 3.10. The van der Waals surface area contributed by atoms with Crippen molar-refractivity contribution in [1.29, 1.82) is 0 Å². The summed E-state index contributed by atoms with van der Waals surface area (Å²) in [6, 6.07) is 11.2. The van der Waals surface area contributed by atoms with E-state index in [1.807, 2.05) is 0 Å². The maximum Gasteiger partial charge on any atom is 0.254 e. The Hall–Kier alpha value is -2.56. The zero-order valence-electron chi connectivity index (χ0n) is 11.9. The lowest BCUT2D eigenvalue weighted by molar-refractivity contribution is 0.0947. The molecule has 1 N–H and O–H groups in total. The third-order valence-electron chi connectivity index (χ3n) is 2.98. The predicted octanol–water partition coefficient (Wildman–Crippen LogP) is 2.77. The van der Waals surface area contributed by atoms with Crippen LogP contribution in [0.15, 0.2) is 42.5 Å². The first-order chi connectivity index (χ1) is 10.1. The van der Waals surface area contributed by atoms with E-state index in [1.54, 1.807) is 44.6 Å². The van der Waals surface area contributed by atoms with Crippen molar-refractivity contribution in [3.63, 3.8) is 0 Å². The maximum absolute atomic E-state index is 13.5. The first-order valence-corrected chi connectivity index (χ1v) is 6.38. The second-order valence-corrected chi connectivity index (χ2v) is 4.38. The number of halogens is 1. The van der Waals surface area contributed by atoms with Crippen molar-refractivity contribution < 1.29 is 18.7 Å². The maximum atomic E-state index is 13.5. The van der Waals surface area contributed by atoms with Gasteiger partial charge >= 0.3 is 0 Å². The number of benzene rings is 2. The highest BCUT2D eigenvalue weighted by Gasteiger charge is 2.10. The van der Waals surface area contributed by atoms with Gasteiger partial charge in [-0.1, -0.05) is 12.1 Å².